The van der Waals surface area contributed by atoms with Gasteiger partial charge in [-0.3, -0.25) is 0 Å². The molecule has 2 nitrogen and oxygen atoms in total. The Morgan fingerprint density at radius 3 is 2.87 bits per heavy atom. The van der Waals surface area contributed by atoms with Gasteiger partial charge in [-0.05, 0) is 37.9 Å². The van der Waals surface area contributed by atoms with Gasteiger partial charge in [0, 0.05) is 16.1 Å². The Kier molecular flexibility index (Phi) is 3.32. The summed E-state index contributed by atoms with van der Waals surface area (Å²) in [7, 11) is 0. The lowest BCUT2D eigenvalue weighted by Gasteiger charge is -2.26. The van der Waals surface area contributed by atoms with E-state index in [2.05, 4.69) is 21.2 Å². The lowest BCUT2D eigenvalue weighted by molar-refractivity contribution is 0.388. The molecule has 15 heavy (non-hydrogen) atoms. The fourth-order valence-electron chi connectivity index (χ4n) is 2.12. The van der Waals surface area contributed by atoms with E-state index in [4.69, 9.17) is 0 Å². The third-order valence-corrected chi connectivity index (χ3v) is 3.72. The highest BCUT2D eigenvalue weighted by Gasteiger charge is 2.21. The van der Waals surface area contributed by atoms with Crippen LogP contribution >= 0.6 is 15.9 Å². The first-order valence-corrected chi connectivity index (χ1v) is 6.21. The van der Waals surface area contributed by atoms with E-state index in [1.165, 1.54) is 12.8 Å². The molecule has 1 aliphatic rings. The molecule has 2 rings (SSSR count). The maximum absolute atomic E-state index is 10.1. The summed E-state index contributed by atoms with van der Waals surface area (Å²) in [6.45, 7) is 2.98. The molecule has 82 valence electrons. The summed E-state index contributed by atoms with van der Waals surface area (Å²) < 4.78 is 1.00. The Morgan fingerprint density at radius 1 is 1.40 bits per heavy atom. The molecule has 2 N–H and O–H groups in total. The lowest BCUT2D eigenvalue weighted by atomic mass is 9.95. The standard InChI is InChI=1S/C12H16BrNO/c1-8-5-6-9(13)11(12(8)15)10-4-2-3-7-14-10/h5-6,10,14-15H,2-4,7H2,1H3/t10-/m1/s1. The molecule has 1 aromatic rings. The number of nitrogens with one attached hydrogen (secondary N) is 1. The van der Waals surface area contributed by atoms with Gasteiger partial charge >= 0.3 is 0 Å². The lowest BCUT2D eigenvalue weighted by Crippen LogP contribution is -2.27. The van der Waals surface area contributed by atoms with Gasteiger partial charge in [-0.15, -0.1) is 0 Å². The first kappa shape index (κ1) is 11.0. The zero-order valence-corrected chi connectivity index (χ0v) is 10.5. The summed E-state index contributed by atoms with van der Waals surface area (Å²) in [4.78, 5) is 0. The van der Waals surface area contributed by atoms with E-state index >= 15 is 0 Å². The summed E-state index contributed by atoms with van der Waals surface area (Å²) in [5.41, 5.74) is 1.97. The van der Waals surface area contributed by atoms with Gasteiger partial charge in [0.05, 0.1) is 0 Å². The number of piperidine rings is 1. The van der Waals surface area contributed by atoms with E-state index in [1.54, 1.807) is 0 Å². The molecule has 1 atom stereocenters. The van der Waals surface area contributed by atoms with Crippen molar-refractivity contribution in [2.24, 2.45) is 0 Å². The topological polar surface area (TPSA) is 32.3 Å². The van der Waals surface area contributed by atoms with Gasteiger partial charge in [0.1, 0.15) is 5.75 Å². The first-order chi connectivity index (χ1) is 7.20. The predicted octanol–water partition coefficient (Wildman–Crippen LogP) is 3.28. The van der Waals surface area contributed by atoms with Crippen LogP contribution in [0.2, 0.25) is 0 Å². The minimum absolute atomic E-state index is 0.299. The molecular formula is C12H16BrNO. The van der Waals surface area contributed by atoms with E-state index in [1.807, 2.05) is 19.1 Å². The highest BCUT2D eigenvalue weighted by atomic mass is 79.9. The molecule has 1 fully saturated rings. The van der Waals surface area contributed by atoms with Gasteiger partial charge < -0.3 is 10.4 Å². The van der Waals surface area contributed by atoms with Crippen molar-refractivity contribution in [1.82, 2.24) is 5.32 Å². The Bertz CT molecular complexity index is 359. The number of aryl methyl sites for hydroxylation is 1. The van der Waals surface area contributed by atoms with Crippen LogP contribution in [0, 0.1) is 6.92 Å². The summed E-state index contributed by atoms with van der Waals surface area (Å²) in [5, 5.41) is 13.5. The maximum atomic E-state index is 10.1. The molecule has 1 aromatic carbocycles. The van der Waals surface area contributed by atoms with Crippen molar-refractivity contribution >= 4 is 15.9 Å². The summed E-state index contributed by atoms with van der Waals surface area (Å²) >= 11 is 3.52. The molecule has 0 amide bonds. The molecule has 0 spiro atoms. The van der Waals surface area contributed by atoms with Gasteiger partial charge in [0.15, 0.2) is 0 Å². The fraction of sp³-hybridized carbons (Fsp3) is 0.500. The molecule has 1 aliphatic heterocycles. The number of hydrogen-bond acceptors (Lipinski definition) is 2. The van der Waals surface area contributed by atoms with Crippen molar-refractivity contribution < 1.29 is 5.11 Å². The molecule has 0 bridgehead atoms. The number of hydrogen-bond donors (Lipinski definition) is 2. The van der Waals surface area contributed by atoms with E-state index < -0.39 is 0 Å². The number of phenolic OH excluding ortho intramolecular Hbond substituents is 1. The first-order valence-electron chi connectivity index (χ1n) is 5.41. The van der Waals surface area contributed by atoms with Crippen molar-refractivity contribution in [2.75, 3.05) is 6.54 Å². The van der Waals surface area contributed by atoms with Crippen molar-refractivity contribution in [2.45, 2.75) is 32.2 Å². The van der Waals surface area contributed by atoms with Crippen LogP contribution in [0.15, 0.2) is 16.6 Å². The molecule has 0 aromatic heterocycles. The van der Waals surface area contributed by atoms with Gasteiger partial charge in [0.25, 0.3) is 0 Å². The van der Waals surface area contributed by atoms with Crippen molar-refractivity contribution in [3.63, 3.8) is 0 Å². The molecule has 0 saturated carbocycles. The number of rotatable bonds is 1. The molecule has 1 heterocycles. The second-order valence-electron chi connectivity index (χ2n) is 4.13. The van der Waals surface area contributed by atoms with Gasteiger partial charge in [-0.2, -0.15) is 0 Å². The Labute approximate surface area is 98.8 Å². The van der Waals surface area contributed by atoms with Crippen LogP contribution in [0.25, 0.3) is 0 Å². The summed E-state index contributed by atoms with van der Waals surface area (Å²) in [6.07, 6.45) is 3.58. The largest absolute Gasteiger partial charge is 0.507 e. The maximum Gasteiger partial charge on any atom is 0.124 e. The van der Waals surface area contributed by atoms with E-state index in [0.29, 0.717) is 11.8 Å². The van der Waals surface area contributed by atoms with Gasteiger partial charge in [-0.25, -0.2) is 0 Å². The van der Waals surface area contributed by atoms with Crippen molar-refractivity contribution in [3.05, 3.63) is 27.7 Å². The minimum Gasteiger partial charge on any atom is -0.507 e. The molecule has 3 heteroatoms. The second-order valence-corrected chi connectivity index (χ2v) is 4.98. The zero-order chi connectivity index (χ0) is 10.8. The predicted molar refractivity (Wildman–Crippen MR) is 65.1 cm³/mol. The molecule has 1 saturated heterocycles. The van der Waals surface area contributed by atoms with Crippen molar-refractivity contribution in [1.29, 1.82) is 0 Å². The summed E-state index contributed by atoms with van der Waals surface area (Å²) in [6, 6.07) is 4.25. The van der Waals surface area contributed by atoms with Crippen LogP contribution in [-0.4, -0.2) is 11.7 Å². The van der Waals surface area contributed by atoms with E-state index in [0.717, 1.165) is 28.6 Å². The van der Waals surface area contributed by atoms with Crippen LogP contribution < -0.4 is 5.32 Å². The molecule has 0 unspecified atom stereocenters. The molecule has 0 aliphatic carbocycles. The summed E-state index contributed by atoms with van der Waals surface area (Å²) in [5.74, 6) is 0.434. The van der Waals surface area contributed by atoms with E-state index in [-0.39, 0.29) is 0 Å². The number of benzene rings is 1. The second kappa shape index (κ2) is 4.54. The third-order valence-electron chi connectivity index (χ3n) is 3.02. The highest BCUT2D eigenvalue weighted by molar-refractivity contribution is 9.10. The van der Waals surface area contributed by atoms with Gasteiger partial charge in [0.2, 0.25) is 0 Å². The smallest absolute Gasteiger partial charge is 0.124 e. The third kappa shape index (κ3) is 2.18. The highest BCUT2D eigenvalue weighted by Crippen LogP contribution is 2.37. The monoisotopic (exact) mass is 269 g/mol. The minimum atomic E-state index is 0.299. The number of halogens is 1. The van der Waals surface area contributed by atoms with E-state index in [9.17, 15) is 5.11 Å². The van der Waals surface area contributed by atoms with Crippen LogP contribution in [0.4, 0.5) is 0 Å². The number of phenols is 1. The average Bonchev–Trinajstić information content (AvgIpc) is 2.26. The Morgan fingerprint density at radius 2 is 2.20 bits per heavy atom. The van der Waals surface area contributed by atoms with Crippen LogP contribution in [0.5, 0.6) is 5.75 Å². The van der Waals surface area contributed by atoms with Gasteiger partial charge in [-0.1, -0.05) is 28.4 Å². The average molecular weight is 270 g/mol. The zero-order valence-electron chi connectivity index (χ0n) is 8.89. The quantitative estimate of drug-likeness (QED) is 0.820. The molecule has 0 radical (unpaired) electrons. The fourth-order valence-corrected chi connectivity index (χ4v) is 2.72. The Balaban J connectivity index is 2.36. The molecular weight excluding hydrogens is 254 g/mol. The Hall–Kier alpha value is -0.540. The van der Waals surface area contributed by atoms with Crippen LogP contribution in [-0.2, 0) is 0 Å². The normalized spacial score (nSPS) is 21.6. The SMILES string of the molecule is Cc1ccc(Br)c([C@H]2CCCCN2)c1O. The van der Waals surface area contributed by atoms with Crippen LogP contribution in [0.1, 0.15) is 36.4 Å². The van der Waals surface area contributed by atoms with Crippen molar-refractivity contribution in [3.8, 4) is 5.75 Å². The number of aromatic hydroxyl groups is 1. The van der Waals surface area contributed by atoms with Crippen LogP contribution in [0.3, 0.4) is 0 Å².